The zero-order chi connectivity index (χ0) is 15.0. The van der Waals surface area contributed by atoms with Crippen molar-refractivity contribution < 1.29 is 4.79 Å². The van der Waals surface area contributed by atoms with Gasteiger partial charge in [0.2, 0.25) is 5.91 Å². The summed E-state index contributed by atoms with van der Waals surface area (Å²) in [6.45, 7) is 3.76. The van der Waals surface area contributed by atoms with Crippen LogP contribution < -0.4 is 5.73 Å². The predicted molar refractivity (Wildman–Crippen MR) is 85.7 cm³/mol. The number of carbonyl (C=O) groups excluding carboxylic acids is 1. The van der Waals surface area contributed by atoms with Crippen LogP contribution in [0.15, 0.2) is 0 Å². The van der Waals surface area contributed by atoms with E-state index in [4.69, 9.17) is 5.73 Å². The first-order valence-corrected chi connectivity index (χ1v) is 8.96. The van der Waals surface area contributed by atoms with Gasteiger partial charge in [-0.25, -0.2) is 0 Å². The van der Waals surface area contributed by atoms with E-state index in [-0.39, 0.29) is 5.92 Å². The van der Waals surface area contributed by atoms with Gasteiger partial charge in [0.15, 0.2) is 0 Å². The maximum atomic E-state index is 12.6. The Bertz CT molecular complexity index is 357. The molecule has 0 aromatic rings. The largest absolute Gasteiger partial charge is 0.345 e. The predicted octanol–water partition coefficient (Wildman–Crippen LogP) is 3.04. The summed E-state index contributed by atoms with van der Waals surface area (Å²) in [4.78, 5) is 14.6. The normalized spacial score (nSPS) is 38.5. The van der Waals surface area contributed by atoms with Crippen molar-refractivity contribution in [1.82, 2.24) is 4.90 Å². The van der Waals surface area contributed by atoms with Crippen LogP contribution >= 0.6 is 0 Å². The van der Waals surface area contributed by atoms with Crippen LogP contribution in [0.5, 0.6) is 0 Å². The van der Waals surface area contributed by atoms with Crippen molar-refractivity contribution in [2.24, 2.45) is 34.8 Å². The Morgan fingerprint density at radius 1 is 1.19 bits per heavy atom. The van der Waals surface area contributed by atoms with E-state index in [0.717, 1.165) is 37.1 Å². The van der Waals surface area contributed by atoms with E-state index >= 15 is 0 Å². The first-order valence-electron chi connectivity index (χ1n) is 8.96. The minimum absolute atomic E-state index is 0.132. The lowest BCUT2D eigenvalue weighted by molar-refractivity contribution is -0.139. The number of hydrogen-bond acceptors (Lipinski definition) is 2. The second kappa shape index (κ2) is 5.91. The quantitative estimate of drug-likeness (QED) is 0.818. The molecule has 0 aliphatic heterocycles. The standard InChI is InChI=1S/C18H32N2O/c1-13(4-3-5-19)17(21)20(2)12-18-9-14-6-15(10-18)8-16(7-14)11-18/h13-16H,3-12,19H2,1-2H3. The van der Waals surface area contributed by atoms with Crippen LogP contribution in [0.1, 0.15) is 58.3 Å². The summed E-state index contributed by atoms with van der Waals surface area (Å²) in [5, 5.41) is 0. The highest BCUT2D eigenvalue weighted by Gasteiger charge is 2.51. The van der Waals surface area contributed by atoms with Crippen LogP contribution in [0.4, 0.5) is 0 Å². The van der Waals surface area contributed by atoms with E-state index in [1.165, 1.54) is 38.5 Å². The summed E-state index contributed by atoms with van der Waals surface area (Å²) in [6, 6.07) is 0. The van der Waals surface area contributed by atoms with Crippen LogP contribution in [-0.4, -0.2) is 30.9 Å². The average molecular weight is 292 g/mol. The Labute approximate surface area is 129 Å². The molecule has 2 N–H and O–H groups in total. The molecule has 120 valence electrons. The molecule has 21 heavy (non-hydrogen) atoms. The van der Waals surface area contributed by atoms with Crippen molar-refractivity contribution in [2.75, 3.05) is 20.1 Å². The van der Waals surface area contributed by atoms with Crippen molar-refractivity contribution in [1.29, 1.82) is 0 Å². The third-order valence-corrected chi connectivity index (χ3v) is 6.38. The van der Waals surface area contributed by atoms with Gasteiger partial charge in [-0.2, -0.15) is 0 Å². The molecule has 0 aromatic heterocycles. The minimum Gasteiger partial charge on any atom is -0.345 e. The van der Waals surface area contributed by atoms with Crippen LogP contribution in [-0.2, 0) is 4.79 Å². The third kappa shape index (κ3) is 3.13. The highest BCUT2D eigenvalue weighted by molar-refractivity contribution is 5.78. The smallest absolute Gasteiger partial charge is 0.225 e. The summed E-state index contributed by atoms with van der Waals surface area (Å²) < 4.78 is 0. The summed E-state index contributed by atoms with van der Waals surface area (Å²) in [7, 11) is 2.03. The van der Waals surface area contributed by atoms with E-state index < -0.39 is 0 Å². The molecule has 4 aliphatic rings. The van der Waals surface area contributed by atoms with Gasteiger partial charge < -0.3 is 10.6 Å². The van der Waals surface area contributed by atoms with Gasteiger partial charge in [-0.1, -0.05) is 6.92 Å². The lowest BCUT2D eigenvalue weighted by Crippen LogP contribution is -2.52. The number of hydrogen-bond donors (Lipinski definition) is 1. The molecule has 4 bridgehead atoms. The zero-order valence-electron chi connectivity index (χ0n) is 13.8. The summed E-state index contributed by atoms with van der Waals surface area (Å²) in [5.41, 5.74) is 6.03. The van der Waals surface area contributed by atoms with Crippen LogP contribution in [0.2, 0.25) is 0 Å². The van der Waals surface area contributed by atoms with E-state index in [0.29, 0.717) is 17.9 Å². The zero-order valence-corrected chi connectivity index (χ0v) is 13.8. The molecule has 3 nitrogen and oxygen atoms in total. The monoisotopic (exact) mass is 292 g/mol. The van der Waals surface area contributed by atoms with Crippen molar-refractivity contribution in [3.63, 3.8) is 0 Å². The maximum Gasteiger partial charge on any atom is 0.225 e. The Balaban J connectivity index is 1.59. The van der Waals surface area contributed by atoms with Crippen LogP contribution in [0.3, 0.4) is 0 Å². The average Bonchev–Trinajstić information content (AvgIpc) is 2.41. The van der Waals surface area contributed by atoms with Gasteiger partial charge >= 0.3 is 0 Å². The molecule has 0 aromatic carbocycles. The number of nitrogens with zero attached hydrogens (tertiary/aromatic N) is 1. The molecule has 0 saturated heterocycles. The van der Waals surface area contributed by atoms with Crippen molar-refractivity contribution >= 4 is 5.91 Å². The molecule has 4 aliphatic carbocycles. The number of carbonyl (C=O) groups is 1. The van der Waals surface area contributed by atoms with Crippen LogP contribution in [0.25, 0.3) is 0 Å². The molecule has 1 atom stereocenters. The van der Waals surface area contributed by atoms with E-state index in [1.807, 2.05) is 11.9 Å². The summed E-state index contributed by atoms with van der Waals surface area (Å²) in [5.74, 6) is 3.37. The van der Waals surface area contributed by atoms with Gasteiger partial charge in [0.1, 0.15) is 0 Å². The fourth-order valence-electron chi connectivity index (χ4n) is 5.99. The molecule has 0 radical (unpaired) electrons. The van der Waals surface area contributed by atoms with Gasteiger partial charge in [0.25, 0.3) is 0 Å². The van der Waals surface area contributed by atoms with Crippen molar-refractivity contribution in [2.45, 2.75) is 58.3 Å². The Hall–Kier alpha value is -0.570. The summed E-state index contributed by atoms with van der Waals surface area (Å²) >= 11 is 0. The number of amides is 1. The molecule has 0 spiro atoms. The van der Waals surface area contributed by atoms with E-state index in [2.05, 4.69) is 6.92 Å². The van der Waals surface area contributed by atoms with Crippen molar-refractivity contribution in [3.8, 4) is 0 Å². The molecule has 1 unspecified atom stereocenters. The third-order valence-electron chi connectivity index (χ3n) is 6.38. The number of nitrogens with two attached hydrogens (primary N) is 1. The van der Waals surface area contributed by atoms with E-state index in [1.54, 1.807) is 0 Å². The van der Waals surface area contributed by atoms with Gasteiger partial charge in [0.05, 0.1) is 0 Å². The lowest BCUT2D eigenvalue weighted by atomic mass is 9.49. The first kappa shape index (κ1) is 15.3. The van der Waals surface area contributed by atoms with E-state index in [9.17, 15) is 4.79 Å². The molecular formula is C18H32N2O. The first-order chi connectivity index (χ1) is 10.0. The summed E-state index contributed by atoms with van der Waals surface area (Å²) in [6.07, 6.45) is 10.5. The maximum absolute atomic E-state index is 12.6. The molecule has 0 heterocycles. The molecule has 4 rings (SSSR count). The molecular weight excluding hydrogens is 260 g/mol. The molecule has 4 fully saturated rings. The van der Waals surface area contributed by atoms with Crippen molar-refractivity contribution in [3.05, 3.63) is 0 Å². The van der Waals surface area contributed by atoms with Gasteiger partial charge in [-0.05, 0) is 81.1 Å². The Morgan fingerprint density at radius 2 is 1.71 bits per heavy atom. The van der Waals surface area contributed by atoms with Crippen LogP contribution in [0, 0.1) is 29.1 Å². The lowest BCUT2D eigenvalue weighted by Gasteiger charge is -2.57. The highest BCUT2D eigenvalue weighted by atomic mass is 16.2. The second-order valence-corrected chi connectivity index (χ2v) is 8.44. The number of rotatable bonds is 6. The highest BCUT2D eigenvalue weighted by Crippen LogP contribution is 2.60. The Morgan fingerprint density at radius 3 is 2.19 bits per heavy atom. The van der Waals surface area contributed by atoms with Gasteiger partial charge in [0, 0.05) is 19.5 Å². The molecule has 3 heteroatoms. The van der Waals surface area contributed by atoms with Gasteiger partial charge in [-0.3, -0.25) is 4.79 Å². The molecule has 4 saturated carbocycles. The minimum atomic E-state index is 0.132. The fourth-order valence-corrected chi connectivity index (χ4v) is 5.99. The topological polar surface area (TPSA) is 46.3 Å². The van der Waals surface area contributed by atoms with Gasteiger partial charge in [-0.15, -0.1) is 0 Å². The second-order valence-electron chi connectivity index (χ2n) is 8.44. The molecule has 1 amide bonds. The fraction of sp³-hybridized carbons (Fsp3) is 0.944. The SMILES string of the molecule is CC(CCCN)C(=O)N(C)CC12CC3CC(CC(C3)C1)C2. The Kier molecular flexibility index (Phi) is 4.31.